The molecule has 0 amide bonds. The molecule has 0 saturated heterocycles. The van der Waals surface area contributed by atoms with Crippen LogP contribution in [0.1, 0.15) is 22.4 Å². The van der Waals surface area contributed by atoms with Crippen LogP contribution in [0, 0.1) is 19.7 Å². The lowest BCUT2D eigenvalue weighted by atomic mass is 10.1. The molecule has 1 aliphatic rings. The molecule has 0 fully saturated rings. The van der Waals surface area contributed by atoms with E-state index in [0.717, 1.165) is 29.9 Å². The Hall–Kier alpha value is -2.50. The van der Waals surface area contributed by atoms with Crippen molar-refractivity contribution in [1.29, 1.82) is 0 Å². The Morgan fingerprint density at radius 2 is 1.95 bits per heavy atom. The Morgan fingerprint density at radius 1 is 1.18 bits per heavy atom. The first-order valence-corrected chi connectivity index (χ1v) is 7.32. The summed E-state index contributed by atoms with van der Waals surface area (Å²) in [6.45, 7) is 3.74. The second-order valence-electron chi connectivity index (χ2n) is 5.87. The number of aryl methyl sites for hydroxylation is 2. The van der Waals surface area contributed by atoms with E-state index in [1.807, 2.05) is 26.0 Å². The van der Waals surface area contributed by atoms with Gasteiger partial charge in [-0.2, -0.15) is 14.6 Å². The highest BCUT2D eigenvalue weighted by Gasteiger charge is 2.23. The Labute approximate surface area is 127 Å². The number of aromatic nitrogens is 4. The van der Waals surface area contributed by atoms with Crippen LogP contribution in [-0.4, -0.2) is 25.6 Å². The molecule has 6 heteroatoms. The van der Waals surface area contributed by atoms with Crippen molar-refractivity contribution in [2.75, 3.05) is 5.32 Å². The van der Waals surface area contributed by atoms with Crippen molar-refractivity contribution < 1.29 is 4.39 Å². The molecule has 5 nitrogen and oxygen atoms in total. The van der Waals surface area contributed by atoms with Crippen LogP contribution < -0.4 is 5.32 Å². The van der Waals surface area contributed by atoms with E-state index in [4.69, 9.17) is 0 Å². The first-order chi connectivity index (χ1) is 10.6. The summed E-state index contributed by atoms with van der Waals surface area (Å²) in [6.07, 6.45) is 3.19. The molecule has 2 aromatic heterocycles. The topological polar surface area (TPSA) is 55.1 Å². The smallest absolute Gasteiger partial charge is 0.254 e. The summed E-state index contributed by atoms with van der Waals surface area (Å²) in [4.78, 5) is 8.46. The van der Waals surface area contributed by atoms with Gasteiger partial charge in [-0.1, -0.05) is 6.07 Å². The molecule has 112 valence electrons. The Morgan fingerprint density at radius 3 is 2.77 bits per heavy atom. The number of benzene rings is 1. The summed E-state index contributed by atoms with van der Waals surface area (Å²) in [7, 11) is 0. The summed E-state index contributed by atoms with van der Waals surface area (Å²) in [5, 5.41) is 7.69. The first kappa shape index (κ1) is 13.2. The van der Waals surface area contributed by atoms with Gasteiger partial charge in [0.1, 0.15) is 18.0 Å². The zero-order valence-corrected chi connectivity index (χ0v) is 12.5. The van der Waals surface area contributed by atoms with Gasteiger partial charge in [0.25, 0.3) is 5.78 Å². The fraction of sp³-hybridized carbons (Fsp3) is 0.312. The third-order valence-electron chi connectivity index (χ3n) is 4.15. The van der Waals surface area contributed by atoms with Gasteiger partial charge >= 0.3 is 0 Å². The molecule has 1 unspecified atom stereocenters. The zero-order chi connectivity index (χ0) is 15.3. The highest BCUT2D eigenvalue weighted by atomic mass is 19.1. The fourth-order valence-corrected chi connectivity index (χ4v) is 3.11. The third kappa shape index (κ3) is 2.11. The van der Waals surface area contributed by atoms with Gasteiger partial charge in [-0.05, 0) is 49.4 Å². The normalized spacial score (nSPS) is 17.0. The SMILES string of the molecule is Cc1cc(NC2Cc3cc(C)c(F)cc3C2)n2ncnc2n1. The number of fused-ring (bicyclic) bond motifs is 2. The van der Waals surface area contributed by atoms with Gasteiger partial charge in [0.15, 0.2) is 0 Å². The van der Waals surface area contributed by atoms with E-state index in [-0.39, 0.29) is 11.9 Å². The average molecular weight is 297 g/mol. The van der Waals surface area contributed by atoms with Crippen molar-refractivity contribution in [2.45, 2.75) is 32.7 Å². The summed E-state index contributed by atoms with van der Waals surface area (Å²) >= 11 is 0. The minimum atomic E-state index is -0.127. The molecule has 1 atom stereocenters. The van der Waals surface area contributed by atoms with Crippen molar-refractivity contribution in [3.05, 3.63) is 52.7 Å². The molecule has 0 aliphatic heterocycles. The molecule has 0 bridgehead atoms. The number of hydrogen-bond acceptors (Lipinski definition) is 4. The quantitative estimate of drug-likeness (QED) is 0.789. The van der Waals surface area contributed by atoms with E-state index in [1.165, 1.54) is 11.9 Å². The predicted octanol–water partition coefficient (Wildman–Crippen LogP) is 2.46. The van der Waals surface area contributed by atoms with Gasteiger partial charge in [0, 0.05) is 17.8 Å². The molecule has 0 saturated carbocycles. The van der Waals surface area contributed by atoms with Crippen LogP contribution in [0.2, 0.25) is 0 Å². The van der Waals surface area contributed by atoms with Gasteiger partial charge in [0.05, 0.1) is 0 Å². The van der Waals surface area contributed by atoms with Crippen LogP contribution in [0.3, 0.4) is 0 Å². The maximum Gasteiger partial charge on any atom is 0.254 e. The molecule has 1 N–H and O–H groups in total. The second kappa shape index (κ2) is 4.76. The average Bonchev–Trinajstić information content (AvgIpc) is 3.05. The van der Waals surface area contributed by atoms with Crippen molar-refractivity contribution in [3.8, 4) is 0 Å². The largest absolute Gasteiger partial charge is 0.366 e. The molecule has 22 heavy (non-hydrogen) atoms. The summed E-state index contributed by atoms with van der Waals surface area (Å²) in [5.41, 5.74) is 3.90. The highest BCUT2D eigenvalue weighted by Crippen LogP contribution is 2.27. The number of hydrogen-bond donors (Lipinski definition) is 1. The molecule has 1 aliphatic carbocycles. The minimum Gasteiger partial charge on any atom is -0.366 e. The lowest BCUT2D eigenvalue weighted by molar-refractivity contribution is 0.616. The second-order valence-corrected chi connectivity index (χ2v) is 5.87. The van der Waals surface area contributed by atoms with E-state index < -0.39 is 0 Å². The summed E-state index contributed by atoms with van der Waals surface area (Å²) in [6, 6.07) is 5.80. The van der Waals surface area contributed by atoms with Crippen LogP contribution in [0.4, 0.5) is 10.2 Å². The number of rotatable bonds is 2. The van der Waals surface area contributed by atoms with Gasteiger partial charge in [-0.15, -0.1) is 0 Å². The molecule has 4 rings (SSSR count). The van der Waals surface area contributed by atoms with Crippen LogP contribution in [0.25, 0.3) is 5.78 Å². The van der Waals surface area contributed by atoms with Gasteiger partial charge in [-0.3, -0.25) is 0 Å². The number of nitrogens with one attached hydrogen (secondary N) is 1. The summed E-state index contributed by atoms with van der Waals surface area (Å²) < 4.78 is 15.4. The lowest BCUT2D eigenvalue weighted by Crippen LogP contribution is -2.21. The van der Waals surface area contributed by atoms with E-state index in [2.05, 4.69) is 20.4 Å². The molecule has 0 spiro atoms. The monoisotopic (exact) mass is 297 g/mol. The molecular weight excluding hydrogens is 281 g/mol. The van der Waals surface area contributed by atoms with Gasteiger partial charge < -0.3 is 5.32 Å². The van der Waals surface area contributed by atoms with E-state index in [1.54, 1.807) is 10.6 Å². The summed E-state index contributed by atoms with van der Waals surface area (Å²) in [5.74, 6) is 1.33. The highest BCUT2D eigenvalue weighted by molar-refractivity contribution is 5.48. The maximum atomic E-state index is 13.7. The standard InChI is InChI=1S/C16H16FN5/c1-9-3-11-5-13(6-12(11)7-14(9)17)21-15-4-10(2)20-16-18-8-19-22(15)16/h3-4,7-8,13,21H,5-6H2,1-2H3. The van der Waals surface area contributed by atoms with Crippen molar-refractivity contribution >= 4 is 11.6 Å². The minimum absolute atomic E-state index is 0.127. The maximum absolute atomic E-state index is 13.7. The Bertz CT molecular complexity index is 839. The fourth-order valence-electron chi connectivity index (χ4n) is 3.11. The van der Waals surface area contributed by atoms with Crippen LogP contribution >= 0.6 is 0 Å². The number of halogens is 1. The van der Waals surface area contributed by atoms with E-state index >= 15 is 0 Å². The molecule has 3 aromatic rings. The predicted molar refractivity (Wildman–Crippen MR) is 81.5 cm³/mol. The van der Waals surface area contributed by atoms with Crippen LogP contribution in [0.15, 0.2) is 24.5 Å². The third-order valence-corrected chi connectivity index (χ3v) is 4.15. The first-order valence-electron chi connectivity index (χ1n) is 7.32. The van der Waals surface area contributed by atoms with Crippen molar-refractivity contribution in [2.24, 2.45) is 0 Å². The molecule has 1 aromatic carbocycles. The zero-order valence-electron chi connectivity index (χ0n) is 12.5. The molecular formula is C16H16FN5. The van der Waals surface area contributed by atoms with Gasteiger partial charge in [-0.25, -0.2) is 9.37 Å². The Balaban J connectivity index is 1.63. The lowest BCUT2D eigenvalue weighted by Gasteiger charge is -2.14. The molecule has 2 heterocycles. The Kier molecular flexibility index (Phi) is 2.85. The van der Waals surface area contributed by atoms with Gasteiger partial charge in [0.2, 0.25) is 0 Å². The van der Waals surface area contributed by atoms with E-state index in [0.29, 0.717) is 11.3 Å². The van der Waals surface area contributed by atoms with Crippen LogP contribution in [0.5, 0.6) is 0 Å². The molecule has 0 radical (unpaired) electrons. The number of anilines is 1. The van der Waals surface area contributed by atoms with E-state index in [9.17, 15) is 4.39 Å². The number of nitrogens with zero attached hydrogens (tertiary/aromatic N) is 4. The van der Waals surface area contributed by atoms with Crippen molar-refractivity contribution in [1.82, 2.24) is 19.6 Å². The van der Waals surface area contributed by atoms with Crippen LogP contribution in [-0.2, 0) is 12.8 Å². The van der Waals surface area contributed by atoms with Crippen molar-refractivity contribution in [3.63, 3.8) is 0 Å².